The van der Waals surface area contributed by atoms with Crippen molar-refractivity contribution in [2.24, 2.45) is 5.73 Å². The topological polar surface area (TPSA) is 58.4 Å². The summed E-state index contributed by atoms with van der Waals surface area (Å²) in [5.74, 6) is 0.0670. The van der Waals surface area contributed by atoms with Gasteiger partial charge in [-0.3, -0.25) is 9.69 Å². The smallest absolute Gasteiger partial charge is 0.238 e. The fourth-order valence-corrected chi connectivity index (χ4v) is 2.25. The van der Waals surface area contributed by atoms with E-state index in [0.29, 0.717) is 13.1 Å². The van der Waals surface area contributed by atoms with Gasteiger partial charge >= 0.3 is 0 Å². The number of nitrogens with two attached hydrogens (primary N) is 1. The quantitative estimate of drug-likeness (QED) is 0.849. The van der Waals surface area contributed by atoms with Crippen LogP contribution in [0.25, 0.3) is 0 Å². The summed E-state index contributed by atoms with van der Waals surface area (Å²) in [5.41, 5.74) is 7.45. The molecule has 0 spiro atoms. The van der Waals surface area contributed by atoms with E-state index in [0.717, 1.165) is 24.3 Å². The molecule has 4 nitrogen and oxygen atoms in total. The molecule has 0 bridgehead atoms. The summed E-state index contributed by atoms with van der Waals surface area (Å²) in [6.45, 7) is 3.11. The van der Waals surface area contributed by atoms with Crippen molar-refractivity contribution in [3.63, 3.8) is 0 Å². The molecule has 1 fully saturated rings. The first-order valence-corrected chi connectivity index (χ1v) is 6.59. The van der Waals surface area contributed by atoms with Crippen LogP contribution in [-0.2, 0) is 11.3 Å². The first-order chi connectivity index (χ1) is 8.78. The predicted molar refractivity (Wildman–Crippen MR) is 73.3 cm³/mol. The number of nitrogens with one attached hydrogen (secondary N) is 1. The number of amides is 1. The predicted octanol–water partition coefficient (Wildman–Crippen LogP) is 1.57. The highest BCUT2D eigenvalue weighted by Gasteiger charge is 2.13. The second-order valence-electron chi connectivity index (χ2n) is 4.79. The Balaban J connectivity index is 1.82. The zero-order chi connectivity index (χ0) is 12.8. The Morgan fingerprint density at radius 3 is 2.44 bits per heavy atom. The summed E-state index contributed by atoms with van der Waals surface area (Å²) in [6, 6.07) is 7.68. The number of nitrogens with zero attached hydrogens (tertiary/aromatic N) is 1. The van der Waals surface area contributed by atoms with E-state index < -0.39 is 0 Å². The van der Waals surface area contributed by atoms with Crippen molar-refractivity contribution < 1.29 is 4.79 Å². The number of piperidine rings is 1. The van der Waals surface area contributed by atoms with E-state index in [1.165, 1.54) is 19.3 Å². The van der Waals surface area contributed by atoms with E-state index in [1.54, 1.807) is 0 Å². The molecule has 98 valence electrons. The van der Waals surface area contributed by atoms with Crippen molar-refractivity contribution in [3.05, 3.63) is 29.8 Å². The number of carbonyl (C=O) groups is 1. The Morgan fingerprint density at radius 2 is 1.83 bits per heavy atom. The van der Waals surface area contributed by atoms with Crippen LogP contribution in [0.4, 0.5) is 5.69 Å². The van der Waals surface area contributed by atoms with Crippen LogP contribution in [-0.4, -0.2) is 30.4 Å². The summed E-state index contributed by atoms with van der Waals surface area (Å²) in [7, 11) is 0. The van der Waals surface area contributed by atoms with Gasteiger partial charge in [0.05, 0.1) is 6.54 Å². The maximum atomic E-state index is 11.9. The molecule has 0 atom stereocenters. The van der Waals surface area contributed by atoms with Gasteiger partial charge < -0.3 is 11.1 Å². The number of anilines is 1. The molecule has 0 aliphatic carbocycles. The summed E-state index contributed by atoms with van der Waals surface area (Å²) in [5, 5.41) is 2.92. The van der Waals surface area contributed by atoms with Crippen LogP contribution in [0.2, 0.25) is 0 Å². The highest BCUT2D eigenvalue weighted by molar-refractivity contribution is 5.92. The van der Waals surface area contributed by atoms with E-state index in [9.17, 15) is 4.79 Å². The van der Waals surface area contributed by atoms with Gasteiger partial charge in [0, 0.05) is 12.2 Å². The third-order valence-electron chi connectivity index (χ3n) is 3.29. The third kappa shape index (κ3) is 3.82. The minimum atomic E-state index is 0.0670. The van der Waals surface area contributed by atoms with Gasteiger partial charge in [-0.05, 0) is 43.6 Å². The van der Waals surface area contributed by atoms with Crippen molar-refractivity contribution in [1.29, 1.82) is 0 Å². The lowest BCUT2D eigenvalue weighted by molar-refractivity contribution is -0.117. The molecule has 0 unspecified atom stereocenters. The number of benzene rings is 1. The Hall–Kier alpha value is -1.39. The van der Waals surface area contributed by atoms with Gasteiger partial charge in [0.15, 0.2) is 0 Å². The zero-order valence-electron chi connectivity index (χ0n) is 10.7. The van der Waals surface area contributed by atoms with Crippen LogP contribution in [0, 0.1) is 0 Å². The number of rotatable bonds is 4. The largest absolute Gasteiger partial charge is 0.326 e. The van der Waals surface area contributed by atoms with E-state index in [-0.39, 0.29) is 5.91 Å². The van der Waals surface area contributed by atoms with Gasteiger partial charge in [-0.25, -0.2) is 0 Å². The molecule has 1 aliphatic rings. The summed E-state index contributed by atoms with van der Waals surface area (Å²) in [6.07, 6.45) is 3.70. The fraction of sp³-hybridized carbons (Fsp3) is 0.500. The van der Waals surface area contributed by atoms with Gasteiger partial charge in [-0.1, -0.05) is 18.6 Å². The van der Waals surface area contributed by atoms with Crippen LogP contribution in [0.5, 0.6) is 0 Å². The molecule has 0 radical (unpaired) electrons. The SMILES string of the molecule is NCc1ccc(NC(=O)CN2CCCCC2)cc1. The highest BCUT2D eigenvalue weighted by Crippen LogP contribution is 2.11. The van der Waals surface area contributed by atoms with E-state index >= 15 is 0 Å². The molecule has 1 aromatic carbocycles. The minimum Gasteiger partial charge on any atom is -0.326 e. The molecule has 1 aromatic rings. The molecule has 3 N–H and O–H groups in total. The van der Waals surface area contributed by atoms with Crippen LogP contribution in [0.3, 0.4) is 0 Å². The minimum absolute atomic E-state index is 0.0670. The lowest BCUT2D eigenvalue weighted by Crippen LogP contribution is -2.36. The Bertz CT molecular complexity index is 383. The summed E-state index contributed by atoms with van der Waals surface area (Å²) < 4.78 is 0. The molecule has 18 heavy (non-hydrogen) atoms. The Morgan fingerprint density at radius 1 is 1.17 bits per heavy atom. The molecule has 0 saturated carbocycles. The highest BCUT2D eigenvalue weighted by atomic mass is 16.2. The van der Waals surface area contributed by atoms with Gasteiger partial charge in [0.25, 0.3) is 0 Å². The van der Waals surface area contributed by atoms with Crippen molar-refractivity contribution in [1.82, 2.24) is 4.90 Å². The van der Waals surface area contributed by atoms with E-state index in [1.807, 2.05) is 24.3 Å². The number of hydrogen-bond acceptors (Lipinski definition) is 3. The van der Waals surface area contributed by atoms with Crippen molar-refractivity contribution in [2.75, 3.05) is 25.0 Å². The average Bonchev–Trinajstić information content (AvgIpc) is 2.40. The molecule has 0 aromatic heterocycles. The standard InChI is InChI=1S/C14H21N3O/c15-10-12-4-6-13(7-5-12)16-14(18)11-17-8-2-1-3-9-17/h4-7H,1-3,8-11,15H2,(H,16,18). The van der Waals surface area contributed by atoms with Gasteiger partial charge in [-0.2, -0.15) is 0 Å². The number of likely N-dealkylation sites (tertiary alicyclic amines) is 1. The van der Waals surface area contributed by atoms with Crippen LogP contribution in [0.1, 0.15) is 24.8 Å². The molecule has 1 aliphatic heterocycles. The first kappa shape index (κ1) is 13.1. The molecule has 1 saturated heterocycles. The lowest BCUT2D eigenvalue weighted by Gasteiger charge is -2.25. The van der Waals surface area contributed by atoms with Crippen LogP contribution in [0.15, 0.2) is 24.3 Å². The average molecular weight is 247 g/mol. The van der Waals surface area contributed by atoms with Crippen LogP contribution >= 0.6 is 0 Å². The first-order valence-electron chi connectivity index (χ1n) is 6.59. The van der Waals surface area contributed by atoms with E-state index in [4.69, 9.17) is 5.73 Å². The lowest BCUT2D eigenvalue weighted by atomic mass is 10.1. The van der Waals surface area contributed by atoms with Crippen molar-refractivity contribution >= 4 is 11.6 Å². The molecule has 4 heteroatoms. The molecule has 1 heterocycles. The number of carbonyl (C=O) groups excluding carboxylic acids is 1. The zero-order valence-corrected chi connectivity index (χ0v) is 10.7. The fourth-order valence-electron chi connectivity index (χ4n) is 2.25. The Labute approximate surface area is 108 Å². The maximum absolute atomic E-state index is 11.9. The monoisotopic (exact) mass is 247 g/mol. The Kier molecular flexibility index (Phi) is 4.73. The van der Waals surface area contributed by atoms with Crippen molar-refractivity contribution in [2.45, 2.75) is 25.8 Å². The molecular weight excluding hydrogens is 226 g/mol. The van der Waals surface area contributed by atoms with Gasteiger partial charge in [-0.15, -0.1) is 0 Å². The van der Waals surface area contributed by atoms with Gasteiger partial charge in [0.2, 0.25) is 5.91 Å². The molecule has 2 rings (SSSR count). The summed E-state index contributed by atoms with van der Waals surface area (Å²) >= 11 is 0. The normalized spacial score (nSPS) is 16.5. The van der Waals surface area contributed by atoms with Gasteiger partial charge in [0.1, 0.15) is 0 Å². The third-order valence-corrected chi connectivity index (χ3v) is 3.29. The maximum Gasteiger partial charge on any atom is 0.238 e. The second-order valence-corrected chi connectivity index (χ2v) is 4.79. The molecule has 1 amide bonds. The van der Waals surface area contributed by atoms with Crippen molar-refractivity contribution in [3.8, 4) is 0 Å². The second kappa shape index (κ2) is 6.52. The van der Waals surface area contributed by atoms with E-state index in [2.05, 4.69) is 10.2 Å². The molecular formula is C14H21N3O. The van der Waals surface area contributed by atoms with Crippen LogP contribution < -0.4 is 11.1 Å². The number of hydrogen-bond donors (Lipinski definition) is 2. The summed E-state index contributed by atoms with van der Waals surface area (Å²) in [4.78, 5) is 14.1.